The lowest BCUT2D eigenvalue weighted by Crippen LogP contribution is -2.21. The maximum atomic E-state index is 11.9. The van der Waals surface area contributed by atoms with E-state index in [1.54, 1.807) is 30.3 Å². The van der Waals surface area contributed by atoms with Crippen LogP contribution >= 0.6 is 22.6 Å². The lowest BCUT2D eigenvalue weighted by atomic mass is 10.2. The number of para-hydroxylation sites is 1. The monoisotopic (exact) mass is 455 g/mol. The minimum absolute atomic E-state index is 0.206. The number of hydrogen-bond acceptors (Lipinski definition) is 6. The van der Waals surface area contributed by atoms with E-state index in [0.29, 0.717) is 9.53 Å². The molecule has 2 aromatic rings. The quantitative estimate of drug-likeness (QED) is 0.409. The first-order valence-electron chi connectivity index (χ1n) is 7.07. The number of furan rings is 1. The molecule has 0 aliphatic heterocycles. The van der Waals surface area contributed by atoms with E-state index in [4.69, 9.17) is 9.15 Å². The molecule has 1 heterocycles. The summed E-state index contributed by atoms with van der Waals surface area (Å²) in [6, 6.07) is 9.80. The first-order chi connectivity index (χ1) is 12.0. The van der Waals surface area contributed by atoms with Crippen molar-refractivity contribution in [1.82, 2.24) is 0 Å². The second kappa shape index (κ2) is 9.02. The third-order valence-corrected chi connectivity index (χ3v) is 3.51. The van der Waals surface area contributed by atoms with Gasteiger partial charge in [-0.1, -0.05) is 12.1 Å². The number of halogens is 1. The van der Waals surface area contributed by atoms with Gasteiger partial charge < -0.3 is 19.2 Å². The number of rotatable bonds is 6. The number of carbonyl (C=O) groups excluding carboxylic acids is 3. The van der Waals surface area contributed by atoms with E-state index < -0.39 is 24.5 Å². The molecule has 8 heteroatoms. The molecule has 0 radical (unpaired) electrons. The van der Waals surface area contributed by atoms with Crippen molar-refractivity contribution < 1.29 is 28.3 Å². The molecule has 1 amide bonds. The molecule has 1 aromatic carbocycles. The Morgan fingerprint density at radius 1 is 1.20 bits per heavy atom. The number of amides is 1. The molecule has 0 atom stereocenters. The number of ether oxygens (including phenoxy) is 2. The first-order valence-corrected chi connectivity index (χ1v) is 8.15. The van der Waals surface area contributed by atoms with Crippen LogP contribution in [-0.4, -0.2) is 31.6 Å². The van der Waals surface area contributed by atoms with Crippen LogP contribution in [0.5, 0.6) is 0 Å². The van der Waals surface area contributed by atoms with Gasteiger partial charge in [0.05, 0.1) is 18.4 Å². The average molecular weight is 455 g/mol. The molecule has 7 nitrogen and oxygen atoms in total. The zero-order valence-electron chi connectivity index (χ0n) is 13.2. The van der Waals surface area contributed by atoms with Crippen LogP contribution in [-0.2, 0) is 19.1 Å². The van der Waals surface area contributed by atoms with Crippen molar-refractivity contribution in [1.29, 1.82) is 0 Å². The third-order valence-electron chi connectivity index (χ3n) is 2.93. The summed E-state index contributed by atoms with van der Waals surface area (Å²) in [7, 11) is 1.25. The van der Waals surface area contributed by atoms with Crippen LogP contribution in [0.3, 0.4) is 0 Å². The Balaban J connectivity index is 1.87. The number of benzene rings is 1. The van der Waals surface area contributed by atoms with E-state index in [9.17, 15) is 14.4 Å². The Bertz CT molecular complexity index is 811. The lowest BCUT2D eigenvalue weighted by Gasteiger charge is -2.09. The molecule has 25 heavy (non-hydrogen) atoms. The summed E-state index contributed by atoms with van der Waals surface area (Å²) in [5.41, 5.74) is 0.480. The van der Waals surface area contributed by atoms with E-state index in [1.807, 2.05) is 22.6 Å². The SMILES string of the molecule is COC(=O)c1ccccc1NC(=O)COC(=O)/C=C/c1ccc(I)o1. The predicted molar refractivity (Wildman–Crippen MR) is 97.8 cm³/mol. The number of esters is 2. The Morgan fingerprint density at radius 2 is 1.96 bits per heavy atom. The van der Waals surface area contributed by atoms with Crippen molar-refractivity contribution in [3.63, 3.8) is 0 Å². The standard InChI is InChI=1S/C17H14INO6/c1-23-17(22)12-4-2-3-5-13(12)19-15(20)10-24-16(21)9-7-11-6-8-14(18)25-11/h2-9H,10H2,1H3,(H,19,20)/b9-7+. The van der Waals surface area contributed by atoms with Crippen LogP contribution in [0, 0.1) is 3.77 Å². The molecule has 130 valence electrons. The van der Waals surface area contributed by atoms with Crippen LogP contribution in [0.2, 0.25) is 0 Å². The van der Waals surface area contributed by atoms with Crippen LogP contribution < -0.4 is 5.32 Å². The average Bonchev–Trinajstić information content (AvgIpc) is 3.03. The fourth-order valence-corrected chi connectivity index (χ4v) is 2.25. The summed E-state index contributed by atoms with van der Waals surface area (Å²) in [6.45, 7) is -0.492. The van der Waals surface area contributed by atoms with E-state index >= 15 is 0 Å². The van der Waals surface area contributed by atoms with Crippen molar-refractivity contribution in [2.75, 3.05) is 19.0 Å². The van der Waals surface area contributed by atoms with Crippen LogP contribution in [0.15, 0.2) is 46.9 Å². The number of methoxy groups -OCH3 is 1. The van der Waals surface area contributed by atoms with Crippen LogP contribution in [0.1, 0.15) is 16.1 Å². The van der Waals surface area contributed by atoms with Crippen LogP contribution in [0.4, 0.5) is 5.69 Å². The van der Waals surface area contributed by atoms with Crippen molar-refractivity contribution in [3.05, 3.63) is 57.6 Å². The minimum Gasteiger partial charge on any atom is -0.465 e. The van der Waals surface area contributed by atoms with E-state index in [0.717, 1.165) is 6.08 Å². The first kappa shape index (κ1) is 18.7. The molecule has 0 spiro atoms. The van der Waals surface area contributed by atoms with Crippen molar-refractivity contribution in [3.8, 4) is 0 Å². The highest BCUT2D eigenvalue weighted by molar-refractivity contribution is 14.1. The fourth-order valence-electron chi connectivity index (χ4n) is 1.82. The summed E-state index contributed by atoms with van der Waals surface area (Å²) < 4.78 is 15.4. The maximum absolute atomic E-state index is 11.9. The highest BCUT2D eigenvalue weighted by Gasteiger charge is 2.13. The molecule has 0 fully saturated rings. The molecule has 2 rings (SSSR count). The second-order valence-electron chi connectivity index (χ2n) is 4.67. The van der Waals surface area contributed by atoms with Gasteiger partial charge in [0.1, 0.15) is 5.76 Å². The van der Waals surface area contributed by atoms with E-state index in [2.05, 4.69) is 10.1 Å². The lowest BCUT2D eigenvalue weighted by molar-refractivity contribution is -0.142. The molecular weight excluding hydrogens is 441 g/mol. The van der Waals surface area contributed by atoms with Gasteiger partial charge in [-0.25, -0.2) is 9.59 Å². The van der Waals surface area contributed by atoms with Gasteiger partial charge in [-0.15, -0.1) is 0 Å². The Hall–Kier alpha value is -2.62. The number of carbonyl (C=O) groups is 3. The normalized spacial score (nSPS) is 10.5. The molecule has 1 N–H and O–H groups in total. The van der Waals surface area contributed by atoms with Gasteiger partial charge in [0.2, 0.25) is 0 Å². The summed E-state index contributed by atoms with van der Waals surface area (Å²) in [4.78, 5) is 35.1. The molecule has 0 bridgehead atoms. The summed E-state index contributed by atoms with van der Waals surface area (Å²) >= 11 is 2.00. The highest BCUT2D eigenvalue weighted by Crippen LogP contribution is 2.16. The smallest absolute Gasteiger partial charge is 0.339 e. The zero-order chi connectivity index (χ0) is 18.2. The van der Waals surface area contributed by atoms with Crippen molar-refractivity contribution in [2.45, 2.75) is 0 Å². The molecule has 1 aromatic heterocycles. The molecule has 0 saturated carbocycles. The molecule has 0 aliphatic rings. The topological polar surface area (TPSA) is 94.8 Å². The summed E-state index contributed by atoms with van der Waals surface area (Å²) in [5.74, 6) is -1.35. The maximum Gasteiger partial charge on any atom is 0.339 e. The zero-order valence-corrected chi connectivity index (χ0v) is 15.3. The molecule has 0 saturated heterocycles. The van der Waals surface area contributed by atoms with Gasteiger partial charge in [0.15, 0.2) is 10.4 Å². The molecule has 0 aliphatic carbocycles. The Kier molecular flexibility index (Phi) is 6.75. The van der Waals surface area contributed by atoms with Gasteiger partial charge in [0.25, 0.3) is 5.91 Å². The van der Waals surface area contributed by atoms with Crippen molar-refractivity contribution >= 4 is 52.2 Å². The van der Waals surface area contributed by atoms with Gasteiger partial charge in [-0.2, -0.15) is 0 Å². The number of hydrogen-bond donors (Lipinski definition) is 1. The van der Waals surface area contributed by atoms with Gasteiger partial charge in [-0.3, -0.25) is 4.79 Å². The molecular formula is C17H14INO6. The Labute approximate surface area is 157 Å². The third kappa shape index (κ3) is 5.75. The largest absolute Gasteiger partial charge is 0.465 e. The number of anilines is 1. The van der Waals surface area contributed by atoms with E-state index in [1.165, 1.54) is 19.3 Å². The van der Waals surface area contributed by atoms with E-state index in [-0.39, 0.29) is 11.3 Å². The Morgan fingerprint density at radius 3 is 2.64 bits per heavy atom. The van der Waals surface area contributed by atoms with Gasteiger partial charge in [-0.05, 0) is 52.9 Å². The molecule has 0 unspecified atom stereocenters. The van der Waals surface area contributed by atoms with Gasteiger partial charge in [0, 0.05) is 6.08 Å². The summed E-state index contributed by atoms with van der Waals surface area (Å²) in [5, 5.41) is 2.50. The summed E-state index contributed by atoms with van der Waals surface area (Å²) in [6.07, 6.45) is 2.60. The second-order valence-corrected chi connectivity index (χ2v) is 5.73. The number of nitrogens with one attached hydrogen (secondary N) is 1. The van der Waals surface area contributed by atoms with Crippen molar-refractivity contribution in [2.24, 2.45) is 0 Å². The predicted octanol–water partition coefficient (Wildman–Crippen LogP) is 2.87. The van der Waals surface area contributed by atoms with Crippen LogP contribution in [0.25, 0.3) is 6.08 Å². The highest BCUT2D eigenvalue weighted by atomic mass is 127. The van der Waals surface area contributed by atoms with Gasteiger partial charge >= 0.3 is 11.9 Å². The minimum atomic E-state index is -0.692. The fraction of sp³-hybridized carbons (Fsp3) is 0.118.